The van der Waals surface area contributed by atoms with E-state index in [-0.39, 0.29) is 23.2 Å². The lowest BCUT2D eigenvalue weighted by atomic mass is 9.82. The Hall–Kier alpha value is -2.00. The van der Waals surface area contributed by atoms with Gasteiger partial charge >= 0.3 is 5.97 Å². The quantitative estimate of drug-likeness (QED) is 0.299. The van der Waals surface area contributed by atoms with Crippen molar-refractivity contribution in [3.63, 3.8) is 0 Å². The lowest BCUT2D eigenvalue weighted by Gasteiger charge is -2.23. The van der Waals surface area contributed by atoms with Crippen molar-refractivity contribution in [1.29, 1.82) is 0 Å². The van der Waals surface area contributed by atoms with Gasteiger partial charge < -0.3 is 9.84 Å². The molecule has 0 aromatic heterocycles. The van der Waals surface area contributed by atoms with Crippen LogP contribution in [0.5, 0.6) is 5.75 Å². The number of aromatic hydroxyl groups is 1. The molecular weight excluding hydrogens is 408 g/mol. The van der Waals surface area contributed by atoms with Gasteiger partial charge in [0.15, 0.2) is 0 Å². The Bertz CT molecular complexity index is 850. The highest BCUT2D eigenvalue weighted by atomic mass is 35.5. The molecule has 0 bridgehead atoms. The first kappa shape index (κ1) is 25.3. The third-order valence-electron chi connectivity index (χ3n) is 5.55. The highest BCUT2D eigenvalue weighted by molar-refractivity contribution is 6.30. The van der Waals surface area contributed by atoms with E-state index in [4.69, 9.17) is 16.3 Å². The summed E-state index contributed by atoms with van der Waals surface area (Å²) in [5.41, 5.74) is 3.32. The summed E-state index contributed by atoms with van der Waals surface area (Å²) in [6.45, 7) is 10.4. The second-order valence-electron chi connectivity index (χ2n) is 9.45. The molecule has 2 aromatic carbocycles. The van der Waals surface area contributed by atoms with Crippen LogP contribution in [0.2, 0.25) is 5.02 Å². The number of esters is 1. The summed E-state index contributed by atoms with van der Waals surface area (Å²) in [6, 6.07) is 11.4. The summed E-state index contributed by atoms with van der Waals surface area (Å²) in [7, 11) is 0. The van der Waals surface area contributed by atoms with E-state index in [2.05, 4.69) is 27.7 Å². The molecule has 1 N–H and O–H groups in total. The molecule has 0 spiro atoms. The number of benzene rings is 2. The summed E-state index contributed by atoms with van der Waals surface area (Å²) in [6.07, 6.45) is 6.50. The molecular formula is C27H37ClO3. The fourth-order valence-electron chi connectivity index (χ4n) is 3.71. The molecule has 0 aliphatic rings. The number of ether oxygens (including phenoxy) is 1. The van der Waals surface area contributed by atoms with Gasteiger partial charge in [-0.3, -0.25) is 4.79 Å². The van der Waals surface area contributed by atoms with Crippen molar-refractivity contribution in [2.45, 2.75) is 91.1 Å². The Kier molecular flexibility index (Phi) is 9.43. The number of rotatable bonds is 10. The number of hydrogen-bond donors (Lipinski definition) is 1. The highest BCUT2D eigenvalue weighted by Gasteiger charge is 2.22. The SMILES string of the molecule is CCCCCCC(C)OC(=O)CCc1cc(-c2ccc(Cl)cc2)c(O)c(C(C)(C)C)c1. The zero-order chi connectivity index (χ0) is 23.0. The van der Waals surface area contributed by atoms with Gasteiger partial charge in [-0.25, -0.2) is 0 Å². The van der Waals surface area contributed by atoms with E-state index >= 15 is 0 Å². The number of carbonyl (C=O) groups is 1. The van der Waals surface area contributed by atoms with E-state index in [9.17, 15) is 9.90 Å². The maximum Gasteiger partial charge on any atom is 0.306 e. The molecule has 2 aromatic rings. The lowest BCUT2D eigenvalue weighted by Crippen LogP contribution is -2.16. The van der Waals surface area contributed by atoms with Crippen LogP contribution in [0.4, 0.5) is 0 Å². The Morgan fingerprint density at radius 3 is 2.39 bits per heavy atom. The predicted octanol–water partition coefficient (Wildman–Crippen LogP) is 7.84. The average molecular weight is 445 g/mol. The molecule has 170 valence electrons. The summed E-state index contributed by atoms with van der Waals surface area (Å²) >= 11 is 6.03. The second kappa shape index (κ2) is 11.6. The molecule has 1 unspecified atom stereocenters. The zero-order valence-corrected chi connectivity index (χ0v) is 20.4. The molecule has 4 heteroatoms. The number of carbonyl (C=O) groups excluding carboxylic acids is 1. The van der Waals surface area contributed by atoms with Crippen LogP contribution in [-0.2, 0) is 21.4 Å². The van der Waals surface area contributed by atoms with E-state index in [0.29, 0.717) is 17.9 Å². The zero-order valence-electron chi connectivity index (χ0n) is 19.6. The van der Waals surface area contributed by atoms with Crippen LogP contribution in [0.15, 0.2) is 36.4 Å². The van der Waals surface area contributed by atoms with Gasteiger partial charge in [0.2, 0.25) is 0 Å². The highest BCUT2D eigenvalue weighted by Crippen LogP contribution is 2.40. The first-order valence-electron chi connectivity index (χ1n) is 11.4. The average Bonchev–Trinajstić information content (AvgIpc) is 2.70. The minimum Gasteiger partial charge on any atom is -0.507 e. The van der Waals surface area contributed by atoms with Crippen LogP contribution in [-0.4, -0.2) is 17.2 Å². The van der Waals surface area contributed by atoms with Gasteiger partial charge in [0.05, 0.1) is 6.10 Å². The van der Waals surface area contributed by atoms with Crippen molar-refractivity contribution >= 4 is 17.6 Å². The van der Waals surface area contributed by atoms with Crippen molar-refractivity contribution in [2.75, 3.05) is 0 Å². The van der Waals surface area contributed by atoms with Crippen LogP contribution in [0.1, 0.15) is 84.3 Å². The third-order valence-corrected chi connectivity index (χ3v) is 5.80. The van der Waals surface area contributed by atoms with Crippen molar-refractivity contribution in [3.05, 3.63) is 52.5 Å². The number of hydrogen-bond acceptors (Lipinski definition) is 3. The van der Waals surface area contributed by atoms with Crippen LogP contribution in [0.25, 0.3) is 11.1 Å². The number of halogens is 1. The molecule has 0 saturated heterocycles. The molecule has 0 aliphatic heterocycles. The summed E-state index contributed by atoms with van der Waals surface area (Å²) in [5.74, 6) is 0.114. The van der Waals surface area contributed by atoms with Crippen LogP contribution >= 0.6 is 11.6 Å². The van der Waals surface area contributed by atoms with Crippen molar-refractivity contribution in [2.24, 2.45) is 0 Å². The fourth-order valence-corrected chi connectivity index (χ4v) is 3.83. The maximum atomic E-state index is 12.4. The largest absolute Gasteiger partial charge is 0.507 e. The van der Waals surface area contributed by atoms with Gasteiger partial charge in [0.25, 0.3) is 0 Å². The Balaban J connectivity index is 2.12. The molecule has 0 aliphatic carbocycles. The maximum absolute atomic E-state index is 12.4. The lowest BCUT2D eigenvalue weighted by molar-refractivity contribution is -0.148. The second-order valence-corrected chi connectivity index (χ2v) is 9.88. The van der Waals surface area contributed by atoms with Crippen LogP contribution in [0.3, 0.4) is 0 Å². The smallest absolute Gasteiger partial charge is 0.306 e. The van der Waals surface area contributed by atoms with Crippen molar-refractivity contribution in [1.82, 2.24) is 0 Å². The van der Waals surface area contributed by atoms with Crippen molar-refractivity contribution in [3.8, 4) is 16.9 Å². The molecule has 2 rings (SSSR count). The minimum atomic E-state index is -0.227. The molecule has 0 radical (unpaired) electrons. The number of phenols is 1. The molecule has 31 heavy (non-hydrogen) atoms. The standard InChI is InChI=1S/C27H37ClO3/c1-6-7-8-9-10-19(2)31-25(29)16-11-20-17-23(21-12-14-22(28)15-13-21)26(30)24(18-20)27(3,4)5/h12-15,17-19,30H,6-11,16H2,1-5H3. The van der Waals surface area contributed by atoms with E-state index in [1.807, 2.05) is 43.3 Å². The van der Waals surface area contributed by atoms with Gasteiger partial charge in [0.1, 0.15) is 5.75 Å². The first-order valence-corrected chi connectivity index (χ1v) is 11.8. The van der Waals surface area contributed by atoms with Crippen molar-refractivity contribution < 1.29 is 14.6 Å². The van der Waals surface area contributed by atoms with Gasteiger partial charge in [-0.1, -0.05) is 76.8 Å². The molecule has 3 nitrogen and oxygen atoms in total. The molecule has 0 fully saturated rings. The topological polar surface area (TPSA) is 46.5 Å². The predicted molar refractivity (Wildman–Crippen MR) is 130 cm³/mol. The minimum absolute atomic E-state index is 0.0426. The van der Waals surface area contributed by atoms with E-state index in [0.717, 1.165) is 35.1 Å². The van der Waals surface area contributed by atoms with Gasteiger partial charge in [-0.15, -0.1) is 0 Å². The van der Waals surface area contributed by atoms with Gasteiger partial charge in [0, 0.05) is 22.6 Å². The third kappa shape index (κ3) is 7.88. The summed E-state index contributed by atoms with van der Waals surface area (Å²) in [5, 5.41) is 11.6. The summed E-state index contributed by atoms with van der Waals surface area (Å²) < 4.78 is 5.60. The normalized spacial score (nSPS) is 12.6. The summed E-state index contributed by atoms with van der Waals surface area (Å²) in [4.78, 5) is 12.4. The Morgan fingerprint density at radius 1 is 1.10 bits per heavy atom. The van der Waals surface area contributed by atoms with Gasteiger partial charge in [-0.2, -0.15) is 0 Å². The Morgan fingerprint density at radius 2 is 1.77 bits per heavy atom. The Labute approximate surface area is 192 Å². The number of aryl methyl sites for hydroxylation is 1. The van der Waals surface area contributed by atoms with E-state index < -0.39 is 0 Å². The fraction of sp³-hybridized carbons (Fsp3) is 0.519. The van der Waals surface area contributed by atoms with Gasteiger partial charge in [-0.05, 0) is 60.9 Å². The molecule has 0 heterocycles. The van der Waals surface area contributed by atoms with Crippen LogP contribution in [0, 0.1) is 0 Å². The molecule has 0 amide bonds. The first-order chi connectivity index (χ1) is 14.6. The van der Waals surface area contributed by atoms with E-state index in [1.165, 1.54) is 19.3 Å². The number of unbranched alkanes of at least 4 members (excludes halogenated alkanes) is 3. The van der Waals surface area contributed by atoms with Crippen LogP contribution < -0.4 is 0 Å². The molecule has 1 atom stereocenters. The molecule has 0 saturated carbocycles. The van der Waals surface area contributed by atoms with E-state index in [1.54, 1.807) is 0 Å². The number of phenolic OH excluding ortho intramolecular Hbond substituents is 1. The monoisotopic (exact) mass is 444 g/mol.